The molecule has 0 aromatic heterocycles. The average Bonchev–Trinajstić information content (AvgIpc) is 2.46. The fraction of sp³-hybridized carbons (Fsp3) is 0.200. The molecule has 0 fully saturated rings. The highest BCUT2D eigenvalue weighted by molar-refractivity contribution is 9.10. The van der Waals surface area contributed by atoms with Gasteiger partial charge in [-0.05, 0) is 42.8 Å². The highest BCUT2D eigenvalue weighted by Gasteiger charge is 2.16. The number of ether oxygens (including phenoxy) is 1. The van der Waals surface area contributed by atoms with Crippen molar-refractivity contribution in [2.45, 2.75) is 18.2 Å². The molecule has 6 heteroatoms. The maximum atomic E-state index is 12.4. The predicted molar refractivity (Wildman–Crippen MR) is 87.2 cm³/mol. The molecule has 0 amide bonds. The molecule has 21 heavy (non-hydrogen) atoms. The average molecular weight is 370 g/mol. The van der Waals surface area contributed by atoms with E-state index >= 15 is 0 Å². The van der Waals surface area contributed by atoms with E-state index < -0.39 is 10.0 Å². The third kappa shape index (κ3) is 4.22. The molecule has 0 saturated carbocycles. The van der Waals surface area contributed by atoms with Crippen molar-refractivity contribution in [1.82, 2.24) is 0 Å². The summed E-state index contributed by atoms with van der Waals surface area (Å²) >= 11 is 3.28. The van der Waals surface area contributed by atoms with Crippen LogP contribution in [0, 0.1) is 0 Å². The van der Waals surface area contributed by atoms with Crippen LogP contribution in [0.3, 0.4) is 0 Å². The first-order chi connectivity index (χ1) is 10.0. The Bertz CT molecular complexity index is 699. The van der Waals surface area contributed by atoms with Crippen molar-refractivity contribution in [3.63, 3.8) is 0 Å². The zero-order valence-electron chi connectivity index (χ0n) is 11.5. The van der Waals surface area contributed by atoms with Crippen molar-refractivity contribution in [3.8, 4) is 5.75 Å². The number of sulfonamides is 1. The Morgan fingerprint density at radius 1 is 1.10 bits per heavy atom. The van der Waals surface area contributed by atoms with Gasteiger partial charge in [0.1, 0.15) is 5.75 Å². The molecule has 2 aromatic carbocycles. The first-order valence-electron chi connectivity index (χ1n) is 6.53. The molecule has 0 aliphatic carbocycles. The van der Waals surface area contributed by atoms with Crippen LogP contribution in [-0.4, -0.2) is 15.0 Å². The van der Waals surface area contributed by atoms with Crippen molar-refractivity contribution in [3.05, 3.63) is 53.0 Å². The summed E-state index contributed by atoms with van der Waals surface area (Å²) in [4.78, 5) is 0.205. The summed E-state index contributed by atoms with van der Waals surface area (Å²) in [6, 6.07) is 13.5. The van der Waals surface area contributed by atoms with Crippen LogP contribution >= 0.6 is 15.9 Å². The zero-order chi connectivity index (χ0) is 15.3. The maximum absolute atomic E-state index is 12.4. The molecular weight excluding hydrogens is 354 g/mol. The summed E-state index contributed by atoms with van der Waals surface area (Å²) in [5.74, 6) is 0.528. The lowest BCUT2D eigenvalue weighted by Gasteiger charge is -2.13. The molecule has 0 spiro atoms. The summed E-state index contributed by atoms with van der Waals surface area (Å²) < 4.78 is 33.7. The highest BCUT2D eigenvalue weighted by Crippen LogP contribution is 2.27. The molecule has 1 N–H and O–H groups in total. The predicted octanol–water partition coefficient (Wildman–Crippen LogP) is 4.04. The fourth-order valence-electron chi connectivity index (χ4n) is 1.71. The van der Waals surface area contributed by atoms with Gasteiger partial charge in [-0.1, -0.05) is 35.0 Å². The lowest BCUT2D eigenvalue weighted by molar-refractivity contribution is 0.319. The van der Waals surface area contributed by atoms with Gasteiger partial charge in [-0.15, -0.1) is 0 Å². The van der Waals surface area contributed by atoms with E-state index in [9.17, 15) is 8.42 Å². The standard InChI is InChI=1S/C15H16BrNO3S/c1-2-11-20-15-6-4-3-5-14(15)17-21(18,19)13-9-7-12(16)8-10-13/h3-10,17H,2,11H2,1H3. The van der Waals surface area contributed by atoms with E-state index in [0.29, 0.717) is 18.0 Å². The highest BCUT2D eigenvalue weighted by atomic mass is 79.9. The molecule has 0 aliphatic heterocycles. The quantitative estimate of drug-likeness (QED) is 0.835. The van der Waals surface area contributed by atoms with Gasteiger partial charge in [-0.25, -0.2) is 8.42 Å². The fourth-order valence-corrected chi connectivity index (χ4v) is 3.04. The summed E-state index contributed by atoms with van der Waals surface area (Å²) in [7, 11) is -3.63. The second-order valence-electron chi connectivity index (χ2n) is 4.40. The Labute approximate surface area is 133 Å². The Kier molecular flexibility index (Phi) is 5.25. The lowest BCUT2D eigenvalue weighted by atomic mass is 10.3. The van der Waals surface area contributed by atoms with Crippen molar-refractivity contribution in [1.29, 1.82) is 0 Å². The van der Waals surface area contributed by atoms with E-state index in [4.69, 9.17) is 4.74 Å². The molecule has 0 saturated heterocycles. The van der Waals surface area contributed by atoms with E-state index in [1.807, 2.05) is 13.0 Å². The van der Waals surface area contributed by atoms with E-state index in [2.05, 4.69) is 20.7 Å². The number of hydrogen-bond donors (Lipinski definition) is 1. The van der Waals surface area contributed by atoms with Gasteiger partial charge in [0.15, 0.2) is 0 Å². The first kappa shape index (κ1) is 15.9. The topological polar surface area (TPSA) is 55.4 Å². The SMILES string of the molecule is CCCOc1ccccc1NS(=O)(=O)c1ccc(Br)cc1. The first-order valence-corrected chi connectivity index (χ1v) is 8.81. The van der Waals surface area contributed by atoms with Crippen molar-refractivity contribution in [2.75, 3.05) is 11.3 Å². The summed E-state index contributed by atoms with van der Waals surface area (Å²) in [6.07, 6.45) is 0.855. The second-order valence-corrected chi connectivity index (χ2v) is 7.00. The van der Waals surface area contributed by atoms with E-state index in [-0.39, 0.29) is 4.90 Å². The Hall–Kier alpha value is -1.53. The molecule has 0 unspecified atom stereocenters. The molecule has 2 rings (SSSR count). The van der Waals surface area contributed by atoms with Crippen LogP contribution in [0.4, 0.5) is 5.69 Å². The maximum Gasteiger partial charge on any atom is 0.262 e. The minimum atomic E-state index is -3.63. The van der Waals surface area contributed by atoms with E-state index in [0.717, 1.165) is 10.9 Å². The molecule has 0 aliphatic rings. The van der Waals surface area contributed by atoms with Crippen LogP contribution in [0.5, 0.6) is 5.75 Å². The number of halogens is 1. The number of nitrogens with one attached hydrogen (secondary N) is 1. The Morgan fingerprint density at radius 2 is 1.76 bits per heavy atom. The number of anilines is 1. The van der Waals surface area contributed by atoms with Gasteiger partial charge >= 0.3 is 0 Å². The van der Waals surface area contributed by atoms with Gasteiger partial charge in [0.25, 0.3) is 10.0 Å². The summed E-state index contributed by atoms with van der Waals surface area (Å²) in [5.41, 5.74) is 0.439. The number of para-hydroxylation sites is 2. The van der Waals surface area contributed by atoms with Gasteiger partial charge in [0, 0.05) is 4.47 Å². The molecule has 2 aromatic rings. The third-order valence-electron chi connectivity index (χ3n) is 2.72. The van der Waals surface area contributed by atoms with Crippen LogP contribution in [0.2, 0.25) is 0 Å². The van der Waals surface area contributed by atoms with Crippen molar-refractivity contribution >= 4 is 31.6 Å². The minimum Gasteiger partial charge on any atom is -0.491 e. The molecule has 4 nitrogen and oxygen atoms in total. The van der Waals surface area contributed by atoms with Gasteiger partial charge in [0.2, 0.25) is 0 Å². The molecule has 0 atom stereocenters. The monoisotopic (exact) mass is 369 g/mol. The number of rotatable bonds is 6. The van der Waals surface area contributed by atoms with Crippen LogP contribution in [0.25, 0.3) is 0 Å². The van der Waals surface area contributed by atoms with Gasteiger partial charge in [-0.3, -0.25) is 4.72 Å². The largest absolute Gasteiger partial charge is 0.491 e. The minimum absolute atomic E-state index is 0.205. The smallest absolute Gasteiger partial charge is 0.262 e. The van der Waals surface area contributed by atoms with Crippen LogP contribution in [0.1, 0.15) is 13.3 Å². The summed E-state index contributed by atoms with van der Waals surface area (Å²) in [6.45, 7) is 2.53. The van der Waals surface area contributed by atoms with E-state index in [1.165, 1.54) is 0 Å². The molecule has 0 heterocycles. The number of hydrogen-bond acceptors (Lipinski definition) is 3. The lowest BCUT2D eigenvalue weighted by Crippen LogP contribution is -2.13. The number of benzene rings is 2. The Balaban J connectivity index is 2.26. The second kappa shape index (κ2) is 6.95. The summed E-state index contributed by atoms with van der Waals surface area (Å²) in [5, 5.41) is 0. The third-order valence-corrected chi connectivity index (χ3v) is 4.63. The van der Waals surface area contributed by atoms with Crippen LogP contribution in [0.15, 0.2) is 57.9 Å². The van der Waals surface area contributed by atoms with Crippen molar-refractivity contribution in [2.24, 2.45) is 0 Å². The van der Waals surface area contributed by atoms with Crippen molar-refractivity contribution < 1.29 is 13.2 Å². The molecule has 112 valence electrons. The molecule has 0 bridgehead atoms. The molecule has 0 radical (unpaired) electrons. The van der Waals surface area contributed by atoms with E-state index in [1.54, 1.807) is 42.5 Å². The van der Waals surface area contributed by atoms with Gasteiger partial charge in [-0.2, -0.15) is 0 Å². The van der Waals surface area contributed by atoms with Crippen LogP contribution in [-0.2, 0) is 10.0 Å². The normalized spacial score (nSPS) is 11.1. The zero-order valence-corrected chi connectivity index (χ0v) is 13.9. The molecular formula is C15H16BrNO3S. The van der Waals surface area contributed by atoms with Crippen LogP contribution < -0.4 is 9.46 Å². The van der Waals surface area contributed by atoms with Gasteiger partial charge < -0.3 is 4.74 Å². The Morgan fingerprint density at radius 3 is 2.43 bits per heavy atom. The van der Waals surface area contributed by atoms with Gasteiger partial charge in [0.05, 0.1) is 17.2 Å².